The molecule has 2 rings (SSSR count). The van der Waals surface area contributed by atoms with E-state index in [1.165, 1.54) is 0 Å². The van der Waals surface area contributed by atoms with Gasteiger partial charge in [-0.05, 0) is 30.7 Å². The van der Waals surface area contributed by atoms with Crippen molar-refractivity contribution in [1.82, 2.24) is 9.97 Å². The maximum absolute atomic E-state index is 10.9. The smallest absolute Gasteiger partial charge is 0.265 e. The number of aryl methyl sites for hydroxylation is 1. The fourth-order valence-corrected chi connectivity index (χ4v) is 1.43. The number of amides is 1. The van der Waals surface area contributed by atoms with Crippen LogP contribution in [-0.2, 0) is 0 Å². The fourth-order valence-electron chi connectivity index (χ4n) is 1.43. The van der Waals surface area contributed by atoms with Gasteiger partial charge < -0.3 is 10.7 Å². The zero-order valence-corrected chi connectivity index (χ0v) is 8.32. The maximum Gasteiger partial charge on any atom is 0.265 e. The van der Waals surface area contributed by atoms with Gasteiger partial charge in [-0.2, -0.15) is 0 Å². The molecule has 0 unspecified atom stereocenters. The Morgan fingerprint density at radius 3 is 2.80 bits per heavy atom. The van der Waals surface area contributed by atoms with Gasteiger partial charge in [0, 0.05) is 23.7 Å². The van der Waals surface area contributed by atoms with Crippen LogP contribution in [-0.4, -0.2) is 15.9 Å². The summed E-state index contributed by atoms with van der Waals surface area (Å²) in [7, 11) is 0. The Morgan fingerprint density at radius 2 is 2.20 bits per heavy atom. The van der Waals surface area contributed by atoms with Crippen molar-refractivity contribution < 1.29 is 4.79 Å². The average Bonchev–Trinajstić information content (AvgIpc) is 2.66. The van der Waals surface area contributed by atoms with Crippen LogP contribution in [0.3, 0.4) is 0 Å². The van der Waals surface area contributed by atoms with Crippen molar-refractivity contribution in [2.24, 2.45) is 5.73 Å². The quantitative estimate of drug-likeness (QED) is 0.772. The minimum Gasteiger partial charge on any atom is -0.364 e. The molecule has 0 aliphatic heterocycles. The fraction of sp³-hybridized carbons (Fsp3) is 0.0909. The second kappa shape index (κ2) is 3.57. The monoisotopic (exact) mass is 201 g/mol. The van der Waals surface area contributed by atoms with Crippen LogP contribution in [0.15, 0.2) is 30.6 Å². The number of rotatable bonds is 2. The van der Waals surface area contributed by atoms with Gasteiger partial charge in [0.1, 0.15) is 5.69 Å². The summed E-state index contributed by atoms with van der Waals surface area (Å²) < 4.78 is 0. The van der Waals surface area contributed by atoms with E-state index in [1.54, 1.807) is 18.5 Å². The minimum absolute atomic E-state index is 0.416. The van der Waals surface area contributed by atoms with Gasteiger partial charge in [0.15, 0.2) is 0 Å². The molecule has 0 fully saturated rings. The number of aromatic nitrogens is 2. The van der Waals surface area contributed by atoms with Crippen LogP contribution in [0.2, 0.25) is 0 Å². The molecular formula is C11H11N3O. The molecule has 0 bridgehead atoms. The van der Waals surface area contributed by atoms with E-state index >= 15 is 0 Å². The van der Waals surface area contributed by atoms with Gasteiger partial charge in [-0.1, -0.05) is 0 Å². The number of nitrogens with two attached hydrogens (primary N) is 1. The zero-order chi connectivity index (χ0) is 10.8. The normalized spacial score (nSPS) is 10.2. The first-order valence-corrected chi connectivity index (χ1v) is 4.58. The molecule has 0 saturated heterocycles. The summed E-state index contributed by atoms with van der Waals surface area (Å²) in [6, 6.07) is 5.58. The first-order valence-electron chi connectivity index (χ1n) is 4.58. The van der Waals surface area contributed by atoms with Crippen molar-refractivity contribution in [3.63, 3.8) is 0 Å². The molecular weight excluding hydrogens is 190 g/mol. The predicted octanol–water partition coefficient (Wildman–Crippen LogP) is 1.48. The molecule has 2 aromatic rings. The summed E-state index contributed by atoms with van der Waals surface area (Å²) in [6.07, 6.45) is 3.50. The van der Waals surface area contributed by atoms with Crippen LogP contribution in [0.1, 0.15) is 16.2 Å². The molecule has 76 valence electrons. The Labute approximate surface area is 87.1 Å². The third-order valence-corrected chi connectivity index (χ3v) is 2.18. The molecule has 0 spiro atoms. The lowest BCUT2D eigenvalue weighted by Crippen LogP contribution is -2.10. The van der Waals surface area contributed by atoms with E-state index in [4.69, 9.17) is 5.73 Å². The molecule has 3 N–H and O–H groups in total. The van der Waals surface area contributed by atoms with Gasteiger partial charge in [-0.25, -0.2) is 0 Å². The lowest BCUT2D eigenvalue weighted by atomic mass is 10.1. The Morgan fingerprint density at radius 1 is 1.40 bits per heavy atom. The molecule has 15 heavy (non-hydrogen) atoms. The molecule has 0 aliphatic carbocycles. The predicted molar refractivity (Wildman–Crippen MR) is 57.3 cm³/mol. The molecule has 2 heterocycles. The molecule has 0 aromatic carbocycles. The van der Waals surface area contributed by atoms with Crippen LogP contribution < -0.4 is 5.73 Å². The molecule has 0 atom stereocenters. The zero-order valence-electron chi connectivity index (χ0n) is 8.32. The van der Waals surface area contributed by atoms with E-state index in [1.807, 2.05) is 19.1 Å². The Hall–Kier alpha value is -2.10. The average molecular weight is 201 g/mol. The number of pyridine rings is 1. The number of primary amides is 1. The Bertz CT molecular complexity index is 502. The highest BCUT2D eigenvalue weighted by molar-refractivity contribution is 5.92. The topological polar surface area (TPSA) is 71.8 Å². The van der Waals surface area contributed by atoms with Crippen molar-refractivity contribution in [3.8, 4) is 11.1 Å². The lowest BCUT2D eigenvalue weighted by Gasteiger charge is -1.97. The molecule has 0 radical (unpaired) electrons. The number of H-pyrrole nitrogens is 1. The number of nitrogens with zero attached hydrogens (tertiary/aromatic N) is 1. The van der Waals surface area contributed by atoms with Gasteiger partial charge in [0.05, 0.1) is 0 Å². The number of nitrogens with one attached hydrogen (secondary N) is 1. The van der Waals surface area contributed by atoms with Crippen molar-refractivity contribution in [2.45, 2.75) is 6.92 Å². The largest absolute Gasteiger partial charge is 0.364 e. The highest BCUT2D eigenvalue weighted by atomic mass is 16.1. The van der Waals surface area contributed by atoms with Gasteiger partial charge in [-0.3, -0.25) is 9.78 Å². The van der Waals surface area contributed by atoms with E-state index in [9.17, 15) is 4.79 Å². The standard InChI is InChI=1S/C11H11N3O/c1-7-4-8(2-3-13-7)9-5-10(11(12)15)14-6-9/h2-6,14H,1H3,(H2,12,15). The SMILES string of the molecule is Cc1cc(-c2c[nH]c(C(N)=O)c2)ccn1. The summed E-state index contributed by atoms with van der Waals surface area (Å²) in [5.74, 6) is -0.452. The second-order valence-corrected chi connectivity index (χ2v) is 3.35. The van der Waals surface area contributed by atoms with E-state index in [0.717, 1.165) is 16.8 Å². The lowest BCUT2D eigenvalue weighted by molar-refractivity contribution is 0.0996. The summed E-state index contributed by atoms with van der Waals surface area (Å²) in [6.45, 7) is 1.92. The number of carbonyl (C=O) groups is 1. The first-order chi connectivity index (χ1) is 7.16. The van der Waals surface area contributed by atoms with Crippen molar-refractivity contribution in [1.29, 1.82) is 0 Å². The van der Waals surface area contributed by atoms with Crippen molar-refractivity contribution >= 4 is 5.91 Å². The molecule has 2 aromatic heterocycles. The summed E-state index contributed by atoms with van der Waals surface area (Å²) >= 11 is 0. The number of hydrogen-bond acceptors (Lipinski definition) is 2. The highest BCUT2D eigenvalue weighted by Gasteiger charge is 2.05. The van der Waals surface area contributed by atoms with Crippen LogP contribution in [0.5, 0.6) is 0 Å². The summed E-state index contributed by atoms with van der Waals surface area (Å²) in [5.41, 5.74) is 8.47. The maximum atomic E-state index is 10.9. The molecule has 4 nitrogen and oxygen atoms in total. The Balaban J connectivity index is 2.41. The second-order valence-electron chi connectivity index (χ2n) is 3.35. The van der Waals surface area contributed by atoms with Gasteiger partial charge in [-0.15, -0.1) is 0 Å². The molecule has 1 amide bonds. The van der Waals surface area contributed by atoms with E-state index in [-0.39, 0.29) is 0 Å². The van der Waals surface area contributed by atoms with E-state index in [2.05, 4.69) is 9.97 Å². The summed E-state index contributed by atoms with van der Waals surface area (Å²) in [4.78, 5) is 17.8. The summed E-state index contributed by atoms with van der Waals surface area (Å²) in [5, 5.41) is 0. The van der Waals surface area contributed by atoms with Gasteiger partial charge in [0.2, 0.25) is 0 Å². The van der Waals surface area contributed by atoms with E-state index in [0.29, 0.717) is 5.69 Å². The third-order valence-electron chi connectivity index (χ3n) is 2.18. The van der Waals surface area contributed by atoms with Crippen LogP contribution in [0, 0.1) is 6.92 Å². The van der Waals surface area contributed by atoms with Gasteiger partial charge >= 0.3 is 0 Å². The highest BCUT2D eigenvalue weighted by Crippen LogP contribution is 2.19. The molecule has 0 aliphatic rings. The number of hydrogen-bond donors (Lipinski definition) is 2. The van der Waals surface area contributed by atoms with Crippen molar-refractivity contribution in [2.75, 3.05) is 0 Å². The van der Waals surface area contributed by atoms with E-state index < -0.39 is 5.91 Å². The van der Waals surface area contributed by atoms with Crippen LogP contribution in [0.25, 0.3) is 11.1 Å². The third kappa shape index (κ3) is 1.88. The van der Waals surface area contributed by atoms with Crippen LogP contribution >= 0.6 is 0 Å². The number of aromatic amines is 1. The Kier molecular flexibility index (Phi) is 2.25. The molecule has 4 heteroatoms. The number of carbonyl (C=O) groups excluding carboxylic acids is 1. The first kappa shape index (κ1) is 9.45. The van der Waals surface area contributed by atoms with Gasteiger partial charge in [0.25, 0.3) is 5.91 Å². The minimum atomic E-state index is -0.452. The van der Waals surface area contributed by atoms with Crippen molar-refractivity contribution in [3.05, 3.63) is 42.0 Å². The van der Waals surface area contributed by atoms with Crippen LogP contribution in [0.4, 0.5) is 0 Å². The molecule has 0 saturated carbocycles.